The van der Waals surface area contributed by atoms with Crippen LogP contribution in [0.1, 0.15) is 40.7 Å². The van der Waals surface area contributed by atoms with Crippen molar-refractivity contribution >= 4 is 23.0 Å². The Hall–Kier alpha value is -2.60. The number of ketones is 1. The summed E-state index contributed by atoms with van der Waals surface area (Å²) in [6.07, 6.45) is -0.0572. The van der Waals surface area contributed by atoms with Crippen LogP contribution in [0.2, 0.25) is 5.02 Å². The van der Waals surface area contributed by atoms with Gasteiger partial charge in [-0.1, -0.05) is 36.7 Å². The summed E-state index contributed by atoms with van der Waals surface area (Å²) in [4.78, 5) is 28.9. The molecule has 0 N–H and O–H groups in total. The van der Waals surface area contributed by atoms with Crippen LogP contribution in [-0.2, 0) is 6.42 Å². The summed E-state index contributed by atoms with van der Waals surface area (Å²) in [5.41, 5.74) is -0.244. The highest BCUT2D eigenvalue weighted by atomic mass is 35.5. The lowest BCUT2D eigenvalue weighted by molar-refractivity contribution is 0.0981. The SMILES string of the molecule is CCC(=O)c1c(C)ccc2nc(Cc3cccc(Cl)c3F)c(F)c(=O)n12. The first-order valence-electron chi connectivity index (χ1n) is 8.02. The number of Topliss-reactive ketones (excluding diaryl/α,β-unsaturated/α-hetero) is 1. The van der Waals surface area contributed by atoms with E-state index in [0.717, 1.165) is 4.40 Å². The van der Waals surface area contributed by atoms with Crippen LogP contribution < -0.4 is 5.56 Å². The Morgan fingerprint density at radius 1 is 1.19 bits per heavy atom. The molecule has 0 fully saturated rings. The van der Waals surface area contributed by atoms with Gasteiger partial charge in [-0.3, -0.25) is 14.0 Å². The average molecular weight is 377 g/mol. The molecule has 1 aromatic carbocycles. The zero-order chi connectivity index (χ0) is 19.0. The van der Waals surface area contributed by atoms with E-state index in [0.29, 0.717) is 5.56 Å². The van der Waals surface area contributed by atoms with Crippen LogP contribution in [0.25, 0.3) is 5.65 Å². The zero-order valence-corrected chi connectivity index (χ0v) is 14.9. The Balaban J connectivity index is 2.23. The van der Waals surface area contributed by atoms with Crippen molar-refractivity contribution in [3.8, 4) is 0 Å². The van der Waals surface area contributed by atoms with Gasteiger partial charge >= 0.3 is 0 Å². The predicted molar refractivity (Wildman–Crippen MR) is 95.0 cm³/mol. The van der Waals surface area contributed by atoms with Crippen molar-refractivity contribution in [1.29, 1.82) is 0 Å². The number of fused-ring (bicyclic) bond motifs is 1. The van der Waals surface area contributed by atoms with Crippen molar-refractivity contribution in [3.63, 3.8) is 0 Å². The number of carbonyl (C=O) groups is 1. The van der Waals surface area contributed by atoms with E-state index in [1.165, 1.54) is 24.3 Å². The molecule has 2 heterocycles. The lowest BCUT2D eigenvalue weighted by Crippen LogP contribution is -2.26. The highest BCUT2D eigenvalue weighted by Gasteiger charge is 2.20. The number of aromatic nitrogens is 2. The van der Waals surface area contributed by atoms with Crippen molar-refractivity contribution in [1.82, 2.24) is 9.38 Å². The van der Waals surface area contributed by atoms with Gasteiger partial charge in [-0.05, 0) is 30.2 Å². The molecule has 0 aliphatic rings. The third kappa shape index (κ3) is 3.01. The number of benzene rings is 1. The molecule has 26 heavy (non-hydrogen) atoms. The van der Waals surface area contributed by atoms with Crippen LogP contribution in [0.5, 0.6) is 0 Å². The second-order valence-electron chi connectivity index (χ2n) is 5.90. The van der Waals surface area contributed by atoms with E-state index >= 15 is 0 Å². The van der Waals surface area contributed by atoms with Crippen LogP contribution in [0.3, 0.4) is 0 Å². The maximum atomic E-state index is 14.7. The van der Waals surface area contributed by atoms with Crippen LogP contribution in [0.15, 0.2) is 35.1 Å². The standard InChI is InChI=1S/C19H15ClF2N2O2/c1-3-14(25)18-10(2)7-8-15-23-13(17(22)19(26)24(15)18)9-11-5-4-6-12(20)16(11)21/h4-8H,3,9H2,1-2H3. The van der Waals surface area contributed by atoms with E-state index in [1.807, 2.05) is 0 Å². The Morgan fingerprint density at radius 2 is 1.92 bits per heavy atom. The summed E-state index contributed by atoms with van der Waals surface area (Å²) in [7, 11) is 0. The highest BCUT2D eigenvalue weighted by Crippen LogP contribution is 2.21. The number of carbonyl (C=O) groups excluding carboxylic acids is 1. The van der Waals surface area contributed by atoms with Gasteiger partial charge < -0.3 is 0 Å². The topological polar surface area (TPSA) is 51.4 Å². The molecule has 4 nitrogen and oxygen atoms in total. The van der Waals surface area contributed by atoms with Crippen LogP contribution in [0.4, 0.5) is 8.78 Å². The van der Waals surface area contributed by atoms with Gasteiger partial charge in [0, 0.05) is 12.8 Å². The Morgan fingerprint density at radius 3 is 2.62 bits per heavy atom. The minimum absolute atomic E-state index is 0.0909. The number of aryl methyl sites for hydroxylation is 1. The second kappa shape index (κ2) is 6.96. The van der Waals surface area contributed by atoms with E-state index < -0.39 is 17.2 Å². The molecule has 0 aliphatic carbocycles. The lowest BCUT2D eigenvalue weighted by Gasteiger charge is -2.12. The van der Waals surface area contributed by atoms with Gasteiger partial charge in [-0.25, -0.2) is 9.37 Å². The fourth-order valence-electron chi connectivity index (χ4n) is 2.84. The minimum atomic E-state index is -1.11. The quantitative estimate of drug-likeness (QED) is 0.644. The van der Waals surface area contributed by atoms with Crippen LogP contribution in [0, 0.1) is 18.6 Å². The van der Waals surface area contributed by atoms with Gasteiger partial charge in [0.2, 0.25) is 5.82 Å². The lowest BCUT2D eigenvalue weighted by atomic mass is 10.1. The summed E-state index contributed by atoms with van der Waals surface area (Å²) < 4.78 is 29.7. The molecule has 0 radical (unpaired) electrons. The number of halogens is 3. The number of rotatable bonds is 4. The van der Waals surface area contributed by atoms with Gasteiger partial charge in [0.25, 0.3) is 5.56 Å². The number of nitrogens with zero attached hydrogens (tertiary/aromatic N) is 2. The van der Waals surface area contributed by atoms with Crippen molar-refractivity contribution < 1.29 is 13.6 Å². The fourth-order valence-corrected chi connectivity index (χ4v) is 3.03. The summed E-state index contributed by atoms with van der Waals surface area (Å²) in [5, 5.41) is -0.0909. The highest BCUT2D eigenvalue weighted by molar-refractivity contribution is 6.30. The second-order valence-corrected chi connectivity index (χ2v) is 6.31. The molecule has 134 valence electrons. The van der Waals surface area contributed by atoms with Gasteiger partial charge in [0.15, 0.2) is 5.78 Å². The van der Waals surface area contributed by atoms with E-state index in [4.69, 9.17) is 11.6 Å². The molecule has 0 aliphatic heterocycles. The smallest absolute Gasteiger partial charge is 0.293 e. The molecule has 0 unspecified atom stereocenters. The third-order valence-electron chi connectivity index (χ3n) is 4.18. The molecule has 0 saturated carbocycles. The molecule has 0 spiro atoms. The maximum absolute atomic E-state index is 14.7. The molecule has 0 saturated heterocycles. The van der Waals surface area contributed by atoms with Gasteiger partial charge in [0.05, 0.1) is 16.4 Å². The van der Waals surface area contributed by atoms with Gasteiger partial charge in [-0.15, -0.1) is 0 Å². The van der Waals surface area contributed by atoms with Gasteiger partial charge in [-0.2, -0.15) is 4.39 Å². The Bertz CT molecular complexity index is 1090. The van der Waals surface area contributed by atoms with Crippen LogP contribution in [-0.4, -0.2) is 15.2 Å². The van der Waals surface area contributed by atoms with Crippen molar-refractivity contribution in [2.45, 2.75) is 26.7 Å². The molecule has 7 heteroatoms. The maximum Gasteiger partial charge on any atom is 0.294 e. The van der Waals surface area contributed by atoms with Crippen LogP contribution >= 0.6 is 11.6 Å². The van der Waals surface area contributed by atoms with Crippen molar-refractivity contribution in [3.05, 3.63) is 79.9 Å². The summed E-state index contributed by atoms with van der Waals surface area (Å²) in [6.45, 7) is 3.33. The first kappa shape index (κ1) is 18.2. The fraction of sp³-hybridized carbons (Fsp3) is 0.211. The zero-order valence-electron chi connectivity index (χ0n) is 14.1. The van der Waals surface area contributed by atoms with E-state index in [9.17, 15) is 18.4 Å². The van der Waals surface area contributed by atoms with Crippen molar-refractivity contribution in [2.75, 3.05) is 0 Å². The number of hydrogen-bond donors (Lipinski definition) is 0. The molecule has 3 aromatic rings. The molecular weight excluding hydrogens is 362 g/mol. The summed E-state index contributed by atoms with van der Waals surface area (Å²) in [6, 6.07) is 7.54. The first-order chi connectivity index (χ1) is 12.3. The molecule has 0 atom stereocenters. The van der Waals surface area contributed by atoms with E-state index in [2.05, 4.69) is 4.98 Å². The monoisotopic (exact) mass is 376 g/mol. The molecule has 0 bridgehead atoms. The van der Waals surface area contributed by atoms with Crippen molar-refractivity contribution in [2.24, 2.45) is 0 Å². The first-order valence-corrected chi connectivity index (χ1v) is 8.39. The van der Waals surface area contributed by atoms with E-state index in [1.54, 1.807) is 19.9 Å². The number of hydrogen-bond acceptors (Lipinski definition) is 3. The molecule has 2 aromatic heterocycles. The Labute approximate surface area is 153 Å². The average Bonchev–Trinajstić information content (AvgIpc) is 2.63. The predicted octanol–water partition coefficient (Wildman–Crippen LogP) is 4.12. The van der Waals surface area contributed by atoms with Gasteiger partial charge in [0.1, 0.15) is 11.5 Å². The molecule has 0 amide bonds. The number of pyridine rings is 1. The largest absolute Gasteiger partial charge is 0.294 e. The summed E-state index contributed by atoms with van der Waals surface area (Å²) >= 11 is 5.74. The minimum Gasteiger partial charge on any atom is -0.293 e. The normalized spacial score (nSPS) is 11.1. The Kier molecular flexibility index (Phi) is 4.87. The third-order valence-corrected chi connectivity index (χ3v) is 4.47. The van der Waals surface area contributed by atoms with E-state index in [-0.39, 0.29) is 46.2 Å². The molecule has 3 rings (SSSR count). The summed E-state index contributed by atoms with van der Waals surface area (Å²) in [5.74, 6) is -2.08. The molecular formula is C19H15ClF2N2O2.